The van der Waals surface area contributed by atoms with Gasteiger partial charge < -0.3 is 10.1 Å². The van der Waals surface area contributed by atoms with E-state index in [4.69, 9.17) is 4.74 Å². The Balaban J connectivity index is 2.17. The summed E-state index contributed by atoms with van der Waals surface area (Å²) in [6.45, 7) is 3.98. The highest BCUT2D eigenvalue weighted by Gasteiger charge is 2.38. The number of carbonyl (C=O) groups excluding carboxylic acids is 2. The Hall–Kier alpha value is -3.08. The van der Waals surface area contributed by atoms with Crippen LogP contribution in [0.15, 0.2) is 48.2 Å². The van der Waals surface area contributed by atoms with Crippen molar-refractivity contribution in [2.24, 2.45) is 0 Å². The smallest absolute Gasteiger partial charge is 0.277 e. The molecule has 2 amide bonds. The minimum absolute atomic E-state index is 0.269. The van der Waals surface area contributed by atoms with Gasteiger partial charge in [-0.15, -0.1) is 0 Å². The Morgan fingerprint density at radius 1 is 0.960 bits per heavy atom. The third-order valence-corrected chi connectivity index (χ3v) is 4.53. The highest BCUT2D eigenvalue weighted by molar-refractivity contribution is 6.36. The molecule has 0 fully saturated rings. The van der Waals surface area contributed by atoms with Crippen molar-refractivity contribution < 1.29 is 14.3 Å². The number of hydrogen-bond donors (Lipinski definition) is 1. The lowest BCUT2D eigenvalue weighted by Crippen LogP contribution is -2.28. The van der Waals surface area contributed by atoms with Crippen LogP contribution in [0.1, 0.15) is 16.7 Å². The molecule has 0 aliphatic carbocycles. The minimum Gasteiger partial charge on any atom is -0.496 e. The molecule has 0 bridgehead atoms. The maximum atomic E-state index is 12.7. The van der Waals surface area contributed by atoms with Gasteiger partial charge in [0, 0.05) is 18.3 Å². The molecule has 0 saturated carbocycles. The van der Waals surface area contributed by atoms with Crippen molar-refractivity contribution in [2.45, 2.75) is 13.8 Å². The molecule has 5 heteroatoms. The lowest BCUT2D eigenvalue weighted by molar-refractivity contribution is -0.135. The van der Waals surface area contributed by atoms with Crippen LogP contribution in [0.25, 0.3) is 5.57 Å². The summed E-state index contributed by atoms with van der Waals surface area (Å²) in [6, 6.07) is 13.0. The lowest BCUT2D eigenvalue weighted by Gasteiger charge is -2.13. The van der Waals surface area contributed by atoms with E-state index in [9.17, 15) is 9.59 Å². The van der Waals surface area contributed by atoms with Crippen molar-refractivity contribution in [3.8, 4) is 5.75 Å². The van der Waals surface area contributed by atoms with E-state index in [0.29, 0.717) is 16.9 Å². The molecule has 0 saturated heterocycles. The highest BCUT2D eigenvalue weighted by Crippen LogP contribution is 2.35. The van der Waals surface area contributed by atoms with Gasteiger partial charge in [-0.3, -0.25) is 14.5 Å². The number of para-hydroxylation sites is 1. The number of carbonyl (C=O) groups is 2. The number of imide groups is 1. The zero-order valence-corrected chi connectivity index (χ0v) is 14.7. The van der Waals surface area contributed by atoms with Gasteiger partial charge in [0.25, 0.3) is 11.8 Å². The van der Waals surface area contributed by atoms with E-state index in [-0.39, 0.29) is 17.5 Å². The van der Waals surface area contributed by atoms with Gasteiger partial charge in [-0.2, -0.15) is 0 Å². The average Bonchev–Trinajstić information content (AvgIpc) is 2.83. The first kappa shape index (κ1) is 16.8. The number of hydrogen-bond acceptors (Lipinski definition) is 4. The Morgan fingerprint density at radius 2 is 1.68 bits per heavy atom. The second-order valence-corrected chi connectivity index (χ2v) is 5.99. The van der Waals surface area contributed by atoms with Crippen LogP contribution in [0.3, 0.4) is 0 Å². The molecule has 0 atom stereocenters. The summed E-state index contributed by atoms with van der Waals surface area (Å²) in [5.41, 5.74) is 4.13. The van der Waals surface area contributed by atoms with Crippen LogP contribution in [0.5, 0.6) is 5.75 Å². The van der Waals surface area contributed by atoms with Gasteiger partial charge in [0.1, 0.15) is 11.4 Å². The molecule has 1 N–H and O–H groups in total. The molecule has 25 heavy (non-hydrogen) atoms. The number of nitrogens with zero attached hydrogens (tertiary/aromatic N) is 1. The number of ether oxygens (including phenoxy) is 1. The van der Waals surface area contributed by atoms with Gasteiger partial charge >= 0.3 is 0 Å². The maximum absolute atomic E-state index is 12.7. The summed E-state index contributed by atoms with van der Waals surface area (Å²) < 4.78 is 5.37. The van der Waals surface area contributed by atoms with E-state index in [1.165, 1.54) is 7.05 Å². The molecule has 1 aliphatic rings. The first-order chi connectivity index (χ1) is 12.0. The number of anilines is 1. The van der Waals surface area contributed by atoms with Crippen molar-refractivity contribution >= 4 is 23.1 Å². The van der Waals surface area contributed by atoms with Gasteiger partial charge in [0.15, 0.2) is 0 Å². The molecule has 5 nitrogen and oxygen atoms in total. The fourth-order valence-corrected chi connectivity index (χ4v) is 2.88. The summed E-state index contributed by atoms with van der Waals surface area (Å²) in [5.74, 6) is -0.150. The molecule has 0 aromatic heterocycles. The molecule has 2 aromatic carbocycles. The molecule has 0 unspecified atom stereocenters. The molecule has 1 aliphatic heterocycles. The predicted octanol–water partition coefficient (Wildman–Crippen LogP) is 3.13. The topological polar surface area (TPSA) is 58.6 Å². The fraction of sp³-hybridized carbons (Fsp3) is 0.200. The van der Waals surface area contributed by atoms with Gasteiger partial charge in [0.05, 0.1) is 12.7 Å². The van der Waals surface area contributed by atoms with Gasteiger partial charge in [-0.1, -0.05) is 30.3 Å². The molecule has 0 radical (unpaired) electrons. The van der Waals surface area contributed by atoms with Crippen LogP contribution in [-0.4, -0.2) is 30.9 Å². The van der Waals surface area contributed by atoms with E-state index >= 15 is 0 Å². The quantitative estimate of drug-likeness (QED) is 0.872. The first-order valence-corrected chi connectivity index (χ1v) is 7.99. The third-order valence-electron chi connectivity index (χ3n) is 4.53. The monoisotopic (exact) mass is 336 g/mol. The summed E-state index contributed by atoms with van der Waals surface area (Å²) in [5, 5.41) is 3.17. The normalized spacial score (nSPS) is 14.3. The molecular weight excluding hydrogens is 316 g/mol. The zero-order chi connectivity index (χ0) is 18.1. The third kappa shape index (κ3) is 2.78. The maximum Gasteiger partial charge on any atom is 0.277 e. The largest absolute Gasteiger partial charge is 0.496 e. The number of methoxy groups -OCH3 is 1. The Kier molecular flexibility index (Phi) is 4.31. The predicted molar refractivity (Wildman–Crippen MR) is 97.2 cm³/mol. The van der Waals surface area contributed by atoms with Crippen LogP contribution in [-0.2, 0) is 9.59 Å². The second-order valence-electron chi connectivity index (χ2n) is 5.99. The zero-order valence-electron chi connectivity index (χ0n) is 14.7. The molecule has 3 rings (SSSR count). The van der Waals surface area contributed by atoms with Crippen LogP contribution in [0, 0.1) is 13.8 Å². The number of benzene rings is 2. The van der Waals surface area contributed by atoms with Crippen LogP contribution in [0.2, 0.25) is 0 Å². The summed E-state index contributed by atoms with van der Waals surface area (Å²) in [7, 11) is 3.03. The summed E-state index contributed by atoms with van der Waals surface area (Å²) in [6.07, 6.45) is 0. The van der Waals surface area contributed by atoms with Crippen molar-refractivity contribution in [2.75, 3.05) is 19.5 Å². The lowest BCUT2D eigenvalue weighted by atomic mass is 10.0. The Morgan fingerprint density at radius 3 is 2.40 bits per heavy atom. The first-order valence-electron chi connectivity index (χ1n) is 7.99. The number of rotatable bonds is 4. The second kappa shape index (κ2) is 6.43. The molecule has 2 aromatic rings. The van der Waals surface area contributed by atoms with E-state index in [1.54, 1.807) is 19.2 Å². The number of nitrogens with one attached hydrogen (secondary N) is 1. The summed E-state index contributed by atoms with van der Waals surface area (Å²) in [4.78, 5) is 26.5. The Labute approximate surface area is 146 Å². The molecule has 128 valence electrons. The van der Waals surface area contributed by atoms with Crippen molar-refractivity contribution in [3.05, 3.63) is 64.9 Å². The number of amides is 2. The standard InChI is InChI=1S/C20H20N2O3/c1-12-8-7-10-15(13(12)2)21-18-17(19(23)22(3)20(18)24)14-9-5-6-11-16(14)25-4/h5-11,21H,1-4H3. The minimum atomic E-state index is -0.355. The fourth-order valence-electron chi connectivity index (χ4n) is 2.88. The summed E-state index contributed by atoms with van der Waals surface area (Å²) >= 11 is 0. The van der Waals surface area contributed by atoms with Crippen molar-refractivity contribution in [3.63, 3.8) is 0 Å². The van der Waals surface area contributed by atoms with E-state index in [0.717, 1.165) is 21.7 Å². The molecule has 1 heterocycles. The van der Waals surface area contributed by atoms with Gasteiger partial charge in [-0.05, 0) is 37.1 Å². The van der Waals surface area contributed by atoms with E-state index < -0.39 is 0 Å². The average molecular weight is 336 g/mol. The number of aryl methyl sites for hydroxylation is 1. The van der Waals surface area contributed by atoms with Crippen LogP contribution >= 0.6 is 0 Å². The van der Waals surface area contributed by atoms with Crippen molar-refractivity contribution in [1.82, 2.24) is 4.90 Å². The SMILES string of the molecule is COc1ccccc1C1=C(Nc2cccc(C)c2C)C(=O)N(C)C1=O. The molecule has 0 spiro atoms. The van der Waals surface area contributed by atoms with Crippen LogP contribution < -0.4 is 10.1 Å². The van der Waals surface area contributed by atoms with Crippen molar-refractivity contribution in [1.29, 1.82) is 0 Å². The van der Waals surface area contributed by atoms with E-state index in [1.807, 2.05) is 44.2 Å². The molecular formula is C20H20N2O3. The van der Waals surface area contributed by atoms with E-state index in [2.05, 4.69) is 5.32 Å². The van der Waals surface area contributed by atoms with Gasteiger partial charge in [0.2, 0.25) is 0 Å². The van der Waals surface area contributed by atoms with Gasteiger partial charge in [-0.25, -0.2) is 0 Å². The highest BCUT2D eigenvalue weighted by atomic mass is 16.5. The Bertz CT molecular complexity index is 900. The number of likely N-dealkylation sites (N-methyl/N-ethyl adjacent to an activating group) is 1. The van der Waals surface area contributed by atoms with Crippen LogP contribution in [0.4, 0.5) is 5.69 Å².